The Labute approximate surface area is 181 Å². The number of aromatic nitrogens is 1. The van der Waals surface area contributed by atoms with Crippen LogP contribution in [0.25, 0.3) is 0 Å². The summed E-state index contributed by atoms with van der Waals surface area (Å²) in [6.07, 6.45) is 18.7. The number of pyridine rings is 1. The molecule has 2 aromatic heterocycles. The maximum atomic E-state index is 13.1. The first-order valence-corrected chi connectivity index (χ1v) is 11.5. The predicted octanol–water partition coefficient (Wildman–Crippen LogP) is 4.80. The highest BCUT2D eigenvalue weighted by molar-refractivity contribution is 7.17. The van der Waals surface area contributed by atoms with Crippen molar-refractivity contribution in [3.8, 4) is 0 Å². The number of hydrogen-bond acceptors (Lipinski definition) is 4. The van der Waals surface area contributed by atoms with Crippen molar-refractivity contribution in [2.24, 2.45) is 5.92 Å². The molecule has 0 fully saturated rings. The Morgan fingerprint density at radius 1 is 1.23 bits per heavy atom. The standard InChI is InChI=1S/C24H27N3O2S/c28-21(13-12-17-7-2-1-3-8-17)27-24-22(19-10-4-5-11-20(19)30-24)23(29)26-16-18-9-6-14-25-15-18/h1-2,6,9,12-15,17H,3-5,7-8,10-11,16H2,(H,26,29)(H,27,28). The first-order chi connectivity index (χ1) is 14.7. The second-order valence-corrected chi connectivity index (χ2v) is 8.96. The van der Waals surface area contributed by atoms with Gasteiger partial charge in [0.25, 0.3) is 5.91 Å². The van der Waals surface area contributed by atoms with Gasteiger partial charge in [0, 0.05) is 23.8 Å². The van der Waals surface area contributed by atoms with Gasteiger partial charge in [-0.2, -0.15) is 0 Å². The second kappa shape index (κ2) is 9.85. The fourth-order valence-electron chi connectivity index (χ4n) is 4.04. The van der Waals surface area contributed by atoms with Gasteiger partial charge in [-0.3, -0.25) is 14.6 Å². The van der Waals surface area contributed by atoms with E-state index in [0.29, 0.717) is 23.0 Å². The van der Waals surface area contributed by atoms with Crippen molar-refractivity contribution < 1.29 is 9.59 Å². The Kier molecular flexibility index (Phi) is 6.74. The lowest BCUT2D eigenvalue weighted by atomic mass is 9.94. The van der Waals surface area contributed by atoms with Crippen molar-refractivity contribution >= 4 is 28.2 Å². The molecule has 5 nitrogen and oxygen atoms in total. The van der Waals surface area contributed by atoms with Crippen LogP contribution in [0.15, 0.2) is 48.8 Å². The molecule has 0 aliphatic heterocycles. The minimum absolute atomic E-state index is 0.130. The minimum Gasteiger partial charge on any atom is -0.348 e. The quantitative estimate of drug-likeness (QED) is 0.520. The summed E-state index contributed by atoms with van der Waals surface area (Å²) < 4.78 is 0. The summed E-state index contributed by atoms with van der Waals surface area (Å²) in [4.78, 5) is 30.9. The summed E-state index contributed by atoms with van der Waals surface area (Å²) in [5.74, 6) is 0.124. The fourth-order valence-corrected chi connectivity index (χ4v) is 5.33. The molecule has 0 bridgehead atoms. The zero-order chi connectivity index (χ0) is 20.8. The average molecular weight is 422 g/mol. The van der Waals surface area contributed by atoms with Crippen LogP contribution in [-0.4, -0.2) is 16.8 Å². The van der Waals surface area contributed by atoms with E-state index in [9.17, 15) is 9.59 Å². The summed E-state index contributed by atoms with van der Waals surface area (Å²) in [5.41, 5.74) is 2.69. The van der Waals surface area contributed by atoms with E-state index in [-0.39, 0.29) is 11.8 Å². The third kappa shape index (κ3) is 5.05. The molecule has 0 saturated heterocycles. The zero-order valence-corrected chi connectivity index (χ0v) is 17.8. The molecule has 0 spiro atoms. The molecular weight excluding hydrogens is 394 g/mol. The van der Waals surface area contributed by atoms with Gasteiger partial charge in [-0.25, -0.2) is 0 Å². The van der Waals surface area contributed by atoms with Crippen molar-refractivity contribution in [3.05, 3.63) is 70.4 Å². The molecule has 6 heteroatoms. The summed E-state index contributed by atoms with van der Waals surface area (Å²) in [5, 5.41) is 6.66. The number of fused-ring (bicyclic) bond motifs is 1. The van der Waals surface area contributed by atoms with Gasteiger partial charge in [-0.15, -0.1) is 11.3 Å². The largest absolute Gasteiger partial charge is 0.348 e. The molecule has 1 unspecified atom stereocenters. The maximum absolute atomic E-state index is 13.1. The highest BCUT2D eigenvalue weighted by Crippen LogP contribution is 2.38. The molecule has 0 radical (unpaired) electrons. The first-order valence-electron chi connectivity index (χ1n) is 10.7. The Hall–Kier alpha value is -2.73. The number of aryl methyl sites for hydroxylation is 1. The van der Waals surface area contributed by atoms with Gasteiger partial charge in [0.15, 0.2) is 0 Å². The number of thiophene rings is 1. The van der Waals surface area contributed by atoms with Crippen LogP contribution < -0.4 is 10.6 Å². The number of rotatable bonds is 6. The van der Waals surface area contributed by atoms with E-state index in [1.807, 2.05) is 18.2 Å². The average Bonchev–Trinajstić information content (AvgIpc) is 3.15. The number of amides is 2. The van der Waals surface area contributed by atoms with E-state index in [1.54, 1.807) is 29.8 Å². The monoisotopic (exact) mass is 421 g/mol. The molecule has 1 atom stereocenters. The van der Waals surface area contributed by atoms with Gasteiger partial charge in [-0.05, 0) is 74.1 Å². The lowest BCUT2D eigenvalue weighted by molar-refractivity contribution is -0.111. The molecule has 30 heavy (non-hydrogen) atoms. The highest BCUT2D eigenvalue weighted by Gasteiger charge is 2.26. The van der Waals surface area contributed by atoms with Gasteiger partial charge in [0.2, 0.25) is 5.91 Å². The lowest BCUT2D eigenvalue weighted by Crippen LogP contribution is -2.25. The van der Waals surface area contributed by atoms with Crippen LogP contribution in [0.2, 0.25) is 0 Å². The molecule has 2 aliphatic rings. The van der Waals surface area contributed by atoms with Crippen molar-refractivity contribution in [2.45, 2.75) is 51.5 Å². The zero-order valence-electron chi connectivity index (χ0n) is 17.0. The third-order valence-electron chi connectivity index (χ3n) is 5.64. The van der Waals surface area contributed by atoms with Crippen molar-refractivity contribution in [1.82, 2.24) is 10.3 Å². The number of carbonyl (C=O) groups is 2. The van der Waals surface area contributed by atoms with E-state index in [2.05, 4.69) is 27.8 Å². The van der Waals surface area contributed by atoms with Crippen molar-refractivity contribution in [2.75, 3.05) is 5.32 Å². The van der Waals surface area contributed by atoms with E-state index in [0.717, 1.165) is 56.1 Å². The topological polar surface area (TPSA) is 71.1 Å². The first kappa shape index (κ1) is 20.5. The van der Waals surface area contributed by atoms with E-state index >= 15 is 0 Å². The van der Waals surface area contributed by atoms with Crippen LogP contribution in [0.5, 0.6) is 0 Å². The predicted molar refractivity (Wildman–Crippen MR) is 121 cm³/mol. The van der Waals surface area contributed by atoms with Crippen LogP contribution in [0.3, 0.4) is 0 Å². The number of carbonyl (C=O) groups excluding carboxylic acids is 2. The summed E-state index contributed by atoms with van der Waals surface area (Å²) in [6.45, 7) is 0.416. The van der Waals surface area contributed by atoms with Crippen LogP contribution in [0.1, 0.15) is 58.5 Å². The number of allylic oxidation sites excluding steroid dienone is 3. The van der Waals surface area contributed by atoms with Crippen molar-refractivity contribution in [3.63, 3.8) is 0 Å². The summed E-state index contributed by atoms with van der Waals surface area (Å²) in [6, 6.07) is 3.79. The van der Waals surface area contributed by atoms with Gasteiger partial charge in [0.1, 0.15) is 5.00 Å². The Bertz CT molecular complexity index is 962. The number of nitrogens with zero attached hydrogens (tertiary/aromatic N) is 1. The molecule has 0 saturated carbocycles. The minimum atomic E-state index is -0.163. The molecule has 2 aromatic rings. The van der Waals surface area contributed by atoms with Crippen molar-refractivity contribution in [1.29, 1.82) is 0 Å². The van der Waals surface area contributed by atoms with Crippen LogP contribution in [0, 0.1) is 5.92 Å². The van der Waals surface area contributed by atoms with E-state index in [4.69, 9.17) is 0 Å². The maximum Gasteiger partial charge on any atom is 0.254 e. The number of nitrogens with one attached hydrogen (secondary N) is 2. The molecule has 2 aliphatic carbocycles. The second-order valence-electron chi connectivity index (χ2n) is 7.85. The van der Waals surface area contributed by atoms with Crippen LogP contribution >= 0.6 is 11.3 Å². The molecule has 156 valence electrons. The normalized spacial score (nSPS) is 18.2. The molecular formula is C24H27N3O2S. The van der Waals surface area contributed by atoms with Gasteiger partial charge < -0.3 is 10.6 Å². The SMILES string of the molecule is O=C(C=CC1CC=CCC1)Nc1sc2c(c1C(=O)NCc1cccnc1)CCCC2. The van der Waals surface area contributed by atoms with Crippen LogP contribution in [-0.2, 0) is 24.2 Å². The molecule has 4 rings (SSSR count). The number of anilines is 1. The van der Waals surface area contributed by atoms with E-state index in [1.165, 1.54) is 4.88 Å². The Morgan fingerprint density at radius 3 is 2.93 bits per heavy atom. The molecule has 2 N–H and O–H groups in total. The molecule has 0 aromatic carbocycles. The van der Waals surface area contributed by atoms with Crippen LogP contribution in [0.4, 0.5) is 5.00 Å². The smallest absolute Gasteiger partial charge is 0.254 e. The van der Waals surface area contributed by atoms with Gasteiger partial charge >= 0.3 is 0 Å². The molecule has 2 amide bonds. The van der Waals surface area contributed by atoms with E-state index < -0.39 is 0 Å². The highest BCUT2D eigenvalue weighted by atomic mass is 32.1. The Balaban J connectivity index is 1.48. The summed E-state index contributed by atoms with van der Waals surface area (Å²) in [7, 11) is 0. The summed E-state index contributed by atoms with van der Waals surface area (Å²) >= 11 is 1.55. The van der Waals surface area contributed by atoms with Gasteiger partial charge in [0.05, 0.1) is 5.56 Å². The molecule has 2 heterocycles. The fraction of sp³-hybridized carbons (Fsp3) is 0.375. The lowest BCUT2D eigenvalue weighted by Gasteiger charge is -2.13. The number of hydrogen-bond donors (Lipinski definition) is 2. The van der Waals surface area contributed by atoms with Gasteiger partial charge in [-0.1, -0.05) is 24.3 Å². The Morgan fingerprint density at radius 2 is 2.13 bits per heavy atom. The third-order valence-corrected chi connectivity index (χ3v) is 6.85.